The molecular formula is C21H24N4O3S. The Hall–Kier alpha value is -2.48. The first-order chi connectivity index (χ1) is 14.1. The minimum Gasteiger partial charge on any atom is -0.333 e. The maximum atomic E-state index is 13.0. The monoisotopic (exact) mass is 412 g/mol. The largest absolute Gasteiger partial charge is 0.333 e. The minimum atomic E-state index is -0.711. The third-order valence-corrected chi connectivity index (χ3v) is 7.56. The van der Waals surface area contributed by atoms with Crippen LogP contribution < -0.4 is 5.32 Å². The van der Waals surface area contributed by atoms with Crippen molar-refractivity contribution in [2.45, 2.75) is 56.5 Å². The van der Waals surface area contributed by atoms with Crippen LogP contribution in [0.4, 0.5) is 4.79 Å². The molecule has 8 heteroatoms. The number of nitrogens with one attached hydrogen (secondary N) is 1. The Morgan fingerprint density at radius 2 is 2.00 bits per heavy atom. The van der Waals surface area contributed by atoms with Gasteiger partial charge in [0.2, 0.25) is 5.91 Å². The topological polar surface area (TPSA) is 82.6 Å². The number of nitrogens with zero attached hydrogens (tertiary/aromatic N) is 3. The van der Waals surface area contributed by atoms with Crippen molar-refractivity contribution in [3.05, 3.63) is 29.3 Å². The molecule has 2 saturated heterocycles. The van der Waals surface area contributed by atoms with Crippen molar-refractivity contribution in [1.82, 2.24) is 20.1 Å². The molecule has 3 fully saturated rings. The number of benzene rings is 1. The summed E-state index contributed by atoms with van der Waals surface area (Å²) in [6.45, 7) is 0.845. The van der Waals surface area contributed by atoms with Gasteiger partial charge in [-0.05, 0) is 37.8 Å². The zero-order valence-corrected chi connectivity index (χ0v) is 17.0. The highest BCUT2D eigenvalue weighted by Gasteiger charge is 2.52. The average molecular weight is 413 g/mol. The fourth-order valence-electron chi connectivity index (χ4n) is 4.90. The highest BCUT2D eigenvalue weighted by Crippen LogP contribution is 2.37. The molecule has 1 unspecified atom stereocenters. The molecule has 0 bridgehead atoms. The summed E-state index contributed by atoms with van der Waals surface area (Å²) in [5.41, 5.74) is 0.255. The summed E-state index contributed by atoms with van der Waals surface area (Å²) in [5, 5.41) is 3.85. The van der Waals surface area contributed by atoms with Gasteiger partial charge in [-0.15, -0.1) is 11.3 Å². The Kier molecular flexibility index (Phi) is 4.53. The number of rotatable bonds is 4. The molecule has 29 heavy (non-hydrogen) atoms. The lowest BCUT2D eigenvalue weighted by Gasteiger charge is -2.24. The number of amides is 4. The Morgan fingerprint density at radius 3 is 2.79 bits per heavy atom. The maximum absolute atomic E-state index is 13.0. The van der Waals surface area contributed by atoms with Gasteiger partial charge in [-0.3, -0.25) is 14.5 Å². The average Bonchev–Trinajstić information content (AvgIpc) is 3.48. The van der Waals surface area contributed by atoms with Crippen molar-refractivity contribution >= 4 is 39.4 Å². The van der Waals surface area contributed by atoms with Crippen LogP contribution in [0.2, 0.25) is 0 Å². The number of carbonyl (C=O) groups excluding carboxylic acids is 3. The molecule has 152 valence electrons. The summed E-state index contributed by atoms with van der Waals surface area (Å²) in [4.78, 5) is 45.9. The Labute approximate surface area is 173 Å². The molecule has 1 N–H and O–H groups in total. The molecule has 4 amide bonds. The normalized spacial score (nSPS) is 23.5. The summed E-state index contributed by atoms with van der Waals surface area (Å²) >= 11 is 1.64. The maximum Gasteiger partial charge on any atom is 0.325 e. The first-order valence-electron chi connectivity index (χ1n) is 10.4. The molecule has 1 spiro atoms. The summed E-state index contributed by atoms with van der Waals surface area (Å²) < 4.78 is 1.13. The van der Waals surface area contributed by atoms with Gasteiger partial charge >= 0.3 is 6.03 Å². The second-order valence-corrected chi connectivity index (χ2v) is 9.25. The number of imide groups is 1. The lowest BCUT2D eigenvalue weighted by molar-refractivity contribution is -0.134. The molecule has 1 aromatic carbocycles. The van der Waals surface area contributed by atoms with E-state index in [1.54, 1.807) is 11.3 Å². The number of likely N-dealkylation sites (tertiary alicyclic amines) is 1. The van der Waals surface area contributed by atoms with Crippen molar-refractivity contribution in [2.75, 3.05) is 13.1 Å². The van der Waals surface area contributed by atoms with Crippen molar-refractivity contribution in [3.63, 3.8) is 0 Å². The van der Waals surface area contributed by atoms with Crippen molar-refractivity contribution < 1.29 is 14.4 Å². The van der Waals surface area contributed by atoms with E-state index in [1.807, 2.05) is 29.2 Å². The van der Waals surface area contributed by atoms with E-state index in [1.165, 1.54) is 4.90 Å². The molecule has 7 nitrogen and oxygen atoms in total. The van der Waals surface area contributed by atoms with Crippen LogP contribution in [-0.2, 0) is 9.59 Å². The van der Waals surface area contributed by atoms with E-state index in [-0.39, 0.29) is 36.9 Å². The van der Waals surface area contributed by atoms with E-state index < -0.39 is 5.54 Å². The van der Waals surface area contributed by atoms with Gasteiger partial charge < -0.3 is 10.2 Å². The van der Waals surface area contributed by atoms with Crippen LogP contribution in [-0.4, -0.2) is 51.3 Å². The highest BCUT2D eigenvalue weighted by molar-refractivity contribution is 7.18. The molecule has 1 aliphatic carbocycles. The predicted molar refractivity (Wildman–Crippen MR) is 109 cm³/mol. The van der Waals surface area contributed by atoms with Gasteiger partial charge in [0, 0.05) is 19.5 Å². The van der Waals surface area contributed by atoms with Gasteiger partial charge in [0.1, 0.15) is 10.5 Å². The second kappa shape index (κ2) is 7.09. The Morgan fingerprint density at radius 1 is 1.21 bits per heavy atom. The van der Waals surface area contributed by atoms with Gasteiger partial charge in [-0.1, -0.05) is 25.0 Å². The van der Waals surface area contributed by atoms with Crippen LogP contribution in [0.1, 0.15) is 56.0 Å². The number of aromatic nitrogens is 1. The van der Waals surface area contributed by atoms with Crippen LogP contribution in [0.25, 0.3) is 10.2 Å². The lowest BCUT2D eigenvalue weighted by Crippen LogP contribution is -2.44. The van der Waals surface area contributed by atoms with Crippen LogP contribution in [0.3, 0.4) is 0 Å². The number of para-hydroxylation sites is 1. The minimum absolute atomic E-state index is 0.0100. The van der Waals surface area contributed by atoms with E-state index in [4.69, 9.17) is 4.98 Å². The number of thiazole rings is 1. The number of hydrogen-bond donors (Lipinski definition) is 1. The van der Waals surface area contributed by atoms with Gasteiger partial charge in [0.25, 0.3) is 5.91 Å². The molecule has 0 radical (unpaired) electrons. The quantitative estimate of drug-likeness (QED) is 0.782. The lowest BCUT2D eigenvalue weighted by atomic mass is 9.98. The summed E-state index contributed by atoms with van der Waals surface area (Å²) in [5.74, 6) is -0.170. The summed E-state index contributed by atoms with van der Waals surface area (Å²) in [6, 6.07) is 7.65. The summed E-state index contributed by atoms with van der Waals surface area (Å²) in [7, 11) is 0. The van der Waals surface area contributed by atoms with Gasteiger partial charge in [-0.25, -0.2) is 9.78 Å². The molecular weight excluding hydrogens is 388 g/mol. The predicted octanol–water partition coefficient (Wildman–Crippen LogP) is 3.21. The number of carbonyl (C=O) groups is 3. The van der Waals surface area contributed by atoms with E-state index in [2.05, 4.69) is 5.32 Å². The van der Waals surface area contributed by atoms with Gasteiger partial charge in [-0.2, -0.15) is 0 Å². The number of fused-ring (bicyclic) bond motifs is 1. The zero-order valence-electron chi connectivity index (χ0n) is 16.2. The molecule has 2 aromatic rings. The first-order valence-corrected chi connectivity index (χ1v) is 11.2. The highest BCUT2D eigenvalue weighted by atomic mass is 32.1. The number of hydrogen-bond acceptors (Lipinski definition) is 5. The van der Waals surface area contributed by atoms with Gasteiger partial charge in [0.05, 0.1) is 16.3 Å². The van der Waals surface area contributed by atoms with E-state index >= 15 is 0 Å². The molecule has 3 heterocycles. The molecule has 5 rings (SSSR count). The van der Waals surface area contributed by atoms with Crippen LogP contribution >= 0.6 is 11.3 Å². The number of urea groups is 1. The summed E-state index contributed by atoms with van der Waals surface area (Å²) in [6.07, 6.45) is 5.32. The van der Waals surface area contributed by atoms with Gasteiger partial charge in [0.15, 0.2) is 0 Å². The van der Waals surface area contributed by atoms with Crippen LogP contribution in [0.15, 0.2) is 24.3 Å². The van der Waals surface area contributed by atoms with E-state index in [0.29, 0.717) is 19.4 Å². The Bertz CT molecular complexity index is 948. The van der Waals surface area contributed by atoms with E-state index in [0.717, 1.165) is 40.9 Å². The van der Waals surface area contributed by atoms with Crippen molar-refractivity contribution in [3.8, 4) is 0 Å². The van der Waals surface area contributed by atoms with Crippen molar-refractivity contribution in [2.24, 2.45) is 0 Å². The van der Waals surface area contributed by atoms with Crippen LogP contribution in [0.5, 0.6) is 0 Å². The fourth-order valence-corrected chi connectivity index (χ4v) is 6.02. The molecule has 1 saturated carbocycles. The molecule has 1 aromatic heterocycles. The zero-order chi connectivity index (χ0) is 20.0. The van der Waals surface area contributed by atoms with E-state index in [9.17, 15) is 14.4 Å². The van der Waals surface area contributed by atoms with Crippen molar-refractivity contribution in [1.29, 1.82) is 0 Å². The smallest absolute Gasteiger partial charge is 0.325 e. The Balaban J connectivity index is 1.27. The molecule has 1 atom stereocenters. The first kappa shape index (κ1) is 18.5. The van der Waals surface area contributed by atoms with Crippen LogP contribution in [0, 0.1) is 0 Å². The SMILES string of the molecule is O=C1NC2(CCCC2)C(=O)N1CCC(=O)N1CCCC1c1nc2ccccc2s1. The third-order valence-electron chi connectivity index (χ3n) is 6.42. The molecule has 2 aliphatic heterocycles. The third kappa shape index (κ3) is 3.10. The standard InChI is InChI=1S/C21H24N4O3S/c26-17(9-13-25-19(27)21(23-20(25)28)10-3-4-11-21)24-12-5-7-15(24)18-22-14-6-1-2-8-16(14)29-18/h1-2,6,8,15H,3-5,7,9-13H2,(H,23,28). The fraction of sp³-hybridized carbons (Fsp3) is 0.524. The second-order valence-electron chi connectivity index (χ2n) is 8.19. The molecule has 3 aliphatic rings.